The Labute approximate surface area is 136 Å². The fourth-order valence-corrected chi connectivity index (χ4v) is 3.15. The number of aromatic nitrogens is 1. The fraction of sp³-hybridized carbons (Fsp3) is 0.389. The molecule has 0 spiro atoms. The Kier molecular flexibility index (Phi) is 4.13. The third-order valence-electron chi connectivity index (χ3n) is 4.44. The van der Waals surface area contributed by atoms with Gasteiger partial charge in [0, 0.05) is 51.7 Å². The van der Waals surface area contributed by atoms with E-state index in [0.29, 0.717) is 6.79 Å². The van der Waals surface area contributed by atoms with E-state index in [1.165, 1.54) is 11.1 Å². The van der Waals surface area contributed by atoms with Gasteiger partial charge < -0.3 is 9.47 Å². The molecule has 0 unspecified atom stereocenters. The van der Waals surface area contributed by atoms with E-state index < -0.39 is 0 Å². The molecule has 1 aromatic carbocycles. The van der Waals surface area contributed by atoms with E-state index in [4.69, 9.17) is 9.47 Å². The van der Waals surface area contributed by atoms with E-state index in [2.05, 4.69) is 33.0 Å². The topological polar surface area (TPSA) is 37.8 Å². The molecule has 1 fully saturated rings. The van der Waals surface area contributed by atoms with Crippen LogP contribution in [0.5, 0.6) is 11.5 Å². The van der Waals surface area contributed by atoms with Crippen LogP contribution in [0.3, 0.4) is 0 Å². The van der Waals surface area contributed by atoms with Crippen molar-refractivity contribution in [1.82, 2.24) is 14.8 Å². The van der Waals surface area contributed by atoms with Crippen molar-refractivity contribution < 1.29 is 9.47 Å². The van der Waals surface area contributed by atoms with Crippen molar-refractivity contribution in [3.05, 3.63) is 53.9 Å². The molecule has 5 nitrogen and oxygen atoms in total. The Hall–Kier alpha value is -2.11. The maximum Gasteiger partial charge on any atom is 0.231 e. The van der Waals surface area contributed by atoms with Crippen LogP contribution in [0.15, 0.2) is 42.7 Å². The Morgan fingerprint density at radius 3 is 2.35 bits per heavy atom. The molecule has 0 radical (unpaired) electrons. The van der Waals surface area contributed by atoms with Gasteiger partial charge in [-0.3, -0.25) is 14.8 Å². The molecule has 0 aliphatic carbocycles. The molecule has 3 heterocycles. The van der Waals surface area contributed by atoms with Gasteiger partial charge in [-0.05, 0) is 29.3 Å². The first-order chi connectivity index (χ1) is 11.4. The number of rotatable bonds is 4. The third-order valence-corrected chi connectivity index (χ3v) is 4.44. The fourth-order valence-electron chi connectivity index (χ4n) is 3.15. The van der Waals surface area contributed by atoms with E-state index in [9.17, 15) is 0 Å². The zero-order valence-corrected chi connectivity index (χ0v) is 13.1. The van der Waals surface area contributed by atoms with Gasteiger partial charge >= 0.3 is 0 Å². The summed E-state index contributed by atoms with van der Waals surface area (Å²) in [7, 11) is 0. The van der Waals surface area contributed by atoms with Gasteiger partial charge in [-0.1, -0.05) is 12.1 Å². The second-order valence-electron chi connectivity index (χ2n) is 6.10. The number of hydrogen-bond donors (Lipinski definition) is 0. The van der Waals surface area contributed by atoms with Gasteiger partial charge in [0.1, 0.15) is 0 Å². The van der Waals surface area contributed by atoms with Crippen molar-refractivity contribution >= 4 is 0 Å². The summed E-state index contributed by atoms with van der Waals surface area (Å²) in [5, 5.41) is 0. The van der Waals surface area contributed by atoms with Crippen LogP contribution in [0.2, 0.25) is 0 Å². The van der Waals surface area contributed by atoms with Crippen LogP contribution in [0.1, 0.15) is 11.1 Å². The van der Waals surface area contributed by atoms with E-state index in [1.807, 2.05) is 24.5 Å². The van der Waals surface area contributed by atoms with Crippen molar-refractivity contribution in [3.8, 4) is 11.5 Å². The minimum atomic E-state index is 0.339. The maximum atomic E-state index is 5.46. The summed E-state index contributed by atoms with van der Waals surface area (Å²) in [5.41, 5.74) is 2.58. The zero-order valence-electron chi connectivity index (χ0n) is 13.1. The standard InChI is InChI=1S/C18H21N3O2/c1-2-16(11-19-5-1)13-21-8-6-20(7-9-21)12-15-3-4-17-18(10-15)23-14-22-17/h1-5,10-11H,6-9,12-14H2. The van der Waals surface area contributed by atoms with Gasteiger partial charge in [0.05, 0.1) is 0 Å². The highest BCUT2D eigenvalue weighted by Gasteiger charge is 2.19. The number of benzene rings is 1. The van der Waals surface area contributed by atoms with Gasteiger partial charge in [0.25, 0.3) is 0 Å². The first-order valence-corrected chi connectivity index (χ1v) is 8.09. The Balaban J connectivity index is 1.30. The molecule has 2 aliphatic heterocycles. The lowest BCUT2D eigenvalue weighted by Crippen LogP contribution is -2.45. The highest BCUT2D eigenvalue weighted by Crippen LogP contribution is 2.32. The quantitative estimate of drug-likeness (QED) is 0.865. The average molecular weight is 311 g/mol. The van der Waals surface area contributed by atoms with Crippen molar-refractivity contribution in [2.24, 2.45) is 0 Å². The van der Waals surface area contributed by atoms with Crippen molar-refractivity contribution in [2.75, 3.05) is 33.0 Å². The van der Waals surface area contributed by atoms with E-state index in [-0.39, 0.29) is 0 Å². The number of nitrogens with zero attached hydrogens (tertiary/aromatic N) is 3. The average Bonchev–Trinajstić information content (AvgIpc) is 3.05. The highest BCUT2D eigenvalue weighted by atomic mass is 16.7. The summed E-state index contributed by atoms with van der Waals surface area (Å²) in [6.45, 7) is 6.68. The molecule has 2 aromatic rings. The summed E-state index contributed by atoms with van der Waals surface area (Å²) in [5.74, 6) is 1.73. The summed E-state index contributed by atoms with van der Waals surface area (Å²) in [4.78, 5) is 9.18. The molecule has 1 aromatic heterocycles. The van der Waals surface area contributed by atoms with Gasteiger partial charge in [0.2, 0.25) is 6.79 Å². The molecule has 0 atom stereocenters. The molecular formula is C18H21N3O2. The molecule has 4 rings (SSSR count). The lowest BCUT2D eigenvalue weighted by molar-refractivity contribution is 0.122. The summed E-state index contributed by atoms with van der Waals surface area (Å²) >= 11 is 0. The van der Waals surface area contributed by atoms with Gasteiger partial charge in [-0.15, -0.1) is 0 Å². The highest BCUT2D eigenvalue weighted by molar-refractivity contribution is 5.44. The molecule has 0 saturated carbocycles. The van der Waals surface area contributed by atoms with Crippen LogP contribution < -0.4 is 9.47 Å². The van der Waals surface area contributed by atoms with Gasteiger partial charge in [0.15, 0.2) is 11.5 Å². The van der Waals surface area contributed by atoms with Gasteiger partial charge in [-0.25, -0.2) is 0 Å². The van der Waals surface area contributed by atoms with E-state index >= 15 is 0 Å². The second-order valence-corrected chi connectivity index (χ2v) is 6.10. The molecule has 5 heteroatoms. The third kappa shape index (κ3) is 3.46. The van der Waals surface area contributed by atoms with Crippen molar-refractivity contribution in [3.63, 3.8) is 0 Å². The zero-order chi connectivity index (χ0) is 15.5. The Morgan fingerprint density at radius 2 is 1.61 bits per heavy atom. The largest absolute Gasteiger partial charge is 0.454 e. The van der Waals surface area contributed by atoms with E-state index in [0.717, 1.165) is 50.8 Å². The number of ether oxygens (including phenoxy) is 2. The predicted molar refractivity (Wildman–Crippen MR) is 87.4 cm³/mol. The van der Waals surface area contributed by atoms with Crippen LogP contribution >= 0.6 is 0 Å². The van der Waals surface area contributed by atoms with Crippen LogP contribution in [0.25, 0.3) is 0 Å². The first kappa shape index (κ1) is 14.5. The Bertz CT molecular complexity index is 655. The van der Waals surface area contributed by atoms with Crippen LogP contribution in [-0.2, 0) is 13.1 Å². The number of fused-ring (bicyclic) bond motifs is 1. The smallest absolute Gasteiger partial charge is 0.231 e. The minimum absolute atomic E-state index is 0.339. The number of pyridine rings is 1. The minimum Gasteiger partial charge on any atom is -0.454 e. The molecule has 0 bridgehead atoms. The predicted octanol–water partition coefficient (Wildman–Crippen LogP) is 2.13. The molecule has 0 N–H and O–H groups in total. The maximum absolute atomic E-state index is 5.46. The van der Waals surface area contributed by atoms with Crippen LogP contribution in [0, 0.1) is 0 Å². The molecule has 1 saturated heterocycles. The van der Waals surface area contributed by atoms with Crippen molar-refractivity contribution in [1.29, 1.82) is 0 Å². The monoisotopic (exact) mass is 311 g/mol. The Morgan fingerprint density at radius 1 is 0.870 bits per heavy atom. The molecule has 0 amide bonds. The number of piperazine rings is 1. The normalized spacial score (nSPS) is 18.3. The van der Waals surface area contributed by atoms with Gasteiger partial charge in [-0.2, -0.15) is 0 Å². The molecule has 120 valence electrons. The number of hydrogen-bond acceptors (Lipinski definition) is 5. The van der Waals surface area contributed by atoms with Crippen LogP contribution in [-0.4, -0.2) is 47.8 Å². The van der Waals surface area contributed by atoms with Crippen LogP contribution in [0.4, 0.5) is 0 Å². The first-order valence-electron chi connectivity index (χ1n) is 8.09. The lowest BCUT2D eigenvalue weighted by Gasteiger charge is -2.34. The molecule has 2 aliphatic rings. The summed E-state index contributed by atoms with van der Waals surface area (Å²) < 4.78 is 10.8. The summed E-state index contributed by atoms with van der Waals surface area (Å²) in [6.07, 6.45) is 3.78. The second kappa shape index (κ2) is 6.56. The molecular weight excluding hydrogens is 290 g/mol. The van der Waals surface area contributed by atoms with E-state index in [1.54, 1.807) is 0 Å². The van der Waals surface area contributed by atoms with Crippen molar-refractivity contribution in [2.45, 2.75) is 13.1 Å². The lowest BCUT2D eigenvalue weighted by atomic mass is 10.1. The SMILES string of the molecule is c1cncc(CN2CCN(Cc3ccc4c(c3)OCO4)CC2)c1. The molecule has 23 heavy (non-hydrogen) atoms. The summed E-state index contributed by atoms with van der Waals surface area (Å²) in [6, 6.07) is 10.4.